The van der Waals surface area contributed by atoms with Gasteiger partial charge in [0.15, 0.2) is 0 Å². The Hall–Kier alpha value is -0.840. The topological polar surface area (TPSA) is 56.3 Å². The summed E-state index contributed by atoms with van der Waals surface area (Å²) >= 11 is 0. The predicted molar refractivity (Wildman–Crippen MR) is 57.1 cm³/mol. The van der Waals surface area contributed by atoms with Crippen LogP contribution in [-0.2, 0) is 0 Å². The van der Waals surface area contributed by atoms with Gasteiger partial charge in [-0.2, -0.15) is 18.4 Å². The molecule has 1 atom stereocenters. The number of halogens is 3. The van der Waals surface area contributed by atoms with E-state index in [4.69, 9.17) is 11.0 Å². The summed E-state index contributed by atoms with van der Waals surface area (Å²) in [4.78, 5) is 3.30. The number of rotatable bonds is 3. The largest absolute Gasteiger partial charge is 0.401 e. The van der Waals surface area contributed by atoms with Crippen LogP contribution in [0.2, 0.25) is 0 Å². The van der Waals surface area contributed by atoms with E-state index < -0.39 is 18.3 Å². The number of hydrogen-bond acceptors (Lipinski definition) is 4. The number of piperazine rings is 1. The fourth-order valence-electron chi connectivity index (χ4n) is 1.86. The highest BCUT2D eigenvalue weighted by Crippen LogP contribution is 2.17. The van der Waals surface area contributed by atoms with Gasteiger partial charge in [-0.15, -0.1) is 0 Å². The van der Waals surface area contributed by atoms with Crippen molar-refractivity contribution >= 4 is 0 Å². The lowest BCUT2D eigenvalue weighted by molar-refractivity contribution is -0.149. The van der Waals surface area contributed by atoms with Gasteiger partial charge in [-0.05, 0) is 6.92 Å². The second kappa shape index (κ2) is 5.21. The van der Waals surface area contributed by atoms with Crippen molar-refractivity contribution in [3.05, 3.63) is 0 Å². The standard InChI is InChI=1S/C10H17F3N4/c1-9(15,6-14)7-16-2-4-17(5-3-16)8-10(11,12)13/h2-5,7-8,15H2,1H3. The van der Waals surface area contributed by atoms with Crippen LogP contribution in [0.25, 0.3) is 0 Å². The Morgan fingerprint density at radius 1 is 1.12 bits per heavy atom. The maximum atomic E-state index is 12.1. The molecular weight excluding hydrogens is 233 g/mol. The van der Waals surface area contributed by atoms with Gasteiger partial charge >= 0.3 is 6.18 Å². The van der Waals surface area contributed by atoms with E-state index in [1.165, 1.54) is 4.90 Å². The monoisotopic (exact) mass is 250 g/mol. The molecule has 0 bridgehead atoms. The smallest absolute Gasteiger partial charge is 0.313 e. The fraction of sp³-hybridized carbons (Fsp3) is 0.900. The van der Waals surface area contributed by atoms with E-state index in [1.54, 1.807) is 6.92 Å². The first-order valence-electron chi connectivity index (χ1n) is 5.43. The minimum absolute atomic E-state index is 0.362. The molecule has 4 nitrogen and oxygen atoms in total. The molecule has 0 aromatic carbocycles. The average molecular weight is 250 g/mol. The third-order valence-corrected chi connectivity index (χ3v) is 2.68. The van der Waals surface area contributed by atoms with Gasteiger partial charge in [0.05, 0.1) is 12.6 Å². The SMILES string of the molecule is CC(N)(C#N)CN1CCN(CC(F)(F)F)CC1. The summed E-state index contributed by atoms with van der Waals surface area (Å²) in [5, 5.41) is 8.77. The predicted octanol–water partition coefficient (Wildman–Crippen LogP) is 0.407. The Bertz CT molecular complexity index is 287. The van der Waals surface area contributed by atoms with E-state index in [9.17, 15) is 13.2 Å². The molecule has 7 heteroatoms. The van der Waals surface area contributed by atoms with Crippen molar-refractivity contribution in [2.24, 2.45) is 5.73 Å². The minimum Gasteiger partial charge on any atom is -0.313 e. The maximum absolute atomic E-state index is 12.1. The molecule has 0 aliphatic carbocycles. The van der Waals surface area contributed by atoms with Crippen LogP contribution in [-0.4, -0.2) is 60.8 Å². The van der Waals surface area contributed by atoms with Crippen molar-refractivity contribution in [2.75, 3.05) is 39.3 Å². The molecule has 0 spiro atoms. The van der Waals surface area contributed by atoms with Gasteiger partial charge < -0.3 is 5.73 Å². The van der Waals surface area contributed by atoms with Crippen LogP contribution in [0.15, 0.2) is 0 Å². The number of nitrogens with zero attached hydrogens (tertiary/aromatic N) is 3. The Morgan fingerprint density at radius 3 is 1.88 bits per heavy atom. The van der Waals surface area contributed by atoms with Crippen LogP contribution in [0.4, 0.5) is 13.2 Å². The van der Waals surface area contributed by atoms with E-state index in [-0.39, 0.29) is 0 Å². The summed E-state index contributed by atoms with van der Waals surface area (Å²) in [6, 6.07) is 1.98. The second-order valence-electron chi connectivity index (χ2n) is 4.70. The van der Waals surface area contributed by atoms with Crippen LogP contribution in [0.1, 0.15) is 6.92 Å². The molecule has 0 amide bonds. The third kappa shape index (κ3) is 5.35. The lowest BCUT2D eigenvalue weighted by Crippen LogP contribution is -2.54. The van der Waals surface area contributed by atoms with Crippen LogP contribution >= 0.6 is 0 Å². The van der Waals surface area contributed by atoms with Crippen LogP contribution in [0, 0.1) is 11.3 Å². The van der Waals surface area contributed by atoms with Crippen molar-refractivity contribution in [2.45, 2.75) is 18.6 Å². The van der Waals surface area contributed by atoms with E-state index in [0.717, 1.165) is 0 Å². The molecule has 1 saturated heterocycles. The minimum atomic E-state index is -4.14. The number of alkyl halides is 3. The van der Waals surface area contributed by atoms with Crippen molar-refractivity contribution < 1.29 is 13.2 Å². The van der Waals surface area contributed by atoms with Gasteiger partial charge in [0.2, 0.25) is 0 Å². The number of nitriles is 1. The summed E-state index contributed by atoms with van der Waals surface area (Å²) in [5.41, 5.74) is 4.75. The summed E-state index contributed by atoms with van der Waals surface area (Å²) < 4.78 is 36.4. The van der Waals surface area contributed by atoms with Crippen molar-refractivity contribution in [1.82, 2.24) is 9.80 Å². The molecule has 1 unspecified atom stereocenters. The maximum Gasteiger partial charge on any atom is 0.401 e. The normalized spacial score (nSPS) is 23.1. The van der Waals surface area contributed by atoms with E-state index in [2.05, 4.69) is 0 Å². The lowest BCUT2D eigenvalue weighted by Gasteiger charge is -2.37. The van der Waals surface area contributed by atoms with E-state index >= 15 is 0 Å². The second-order valence-corrected chi connectivity index (χ2v) is 4.70. The van der Waals surface area contributed by atoms with Gasteiger partial charge in [-0.25, -0.2) is 0 Å². The molecule has 2 N–H and O–H groups in total. The molecule has 0 radical (unpaired) electrons. The molecule has 0 aromatic heterocycles. The molecule has 1 heterocycles. The summed E-state index contributed by atoms with van der Waals surface area (Å²) in [7, 11) is 0. The number of hydrogen-bond donors (Lipinski definition) is 1. The average Bonchev–Trinajstić information content (AvgIpc) is 2.19. The first-order valence-corrected chi connectivity index (χ1v) is 5.43. The van der Waals surface area contributed by atoms with Gasteiger partial charge in [-0.3, -0.25) is 9.80 Å². The fourth-order valence-corrected chi connectivity index (χ4v) is 1.86. The van der Waals surface area contributed by atoms with Crippen molar-refractivity contribution in [3.63, 3.8) is 0 Å². The Kier molecular flexibility index (Phi) is 4.36. The molecule has 0 aromatic rings. The Balaban J connectivity index is 2.34. The molecule has 0 saturated carbocycles. The van der Waals surface area contributed by atoms with Crippen LogP contribution in [0.5, 0.6) is 0 Å². The van der Waals surface area contributed by atoms with Gasteiger partial charge in [0.25, 0.3) is 0 Å². The molecule has 1 rings (SSSR count). The molecule has 1 aliphatic rings. The van der Waals surface area contributed by atoms with Crippen LogP contribution < -0.4 is 5.73 Å². The number of nitrogens with two attached hydrogens (primary N) is 1. The van der Waals surface area contributed by atoms with Crippen LogP contribution in [0.3, 0.4) is 0 Å². The summed E-state index contributed by atoms with van der Waals surface area (Å²) in [5.74, 6) is 0. The highest BCUT2D eigenvalue weighted by atomic mass is 19.4. The zero-order chi connectivity index (χ0) is 13.1. The highest BCUT2D eigenvalue weighted by molar-refractivity contribution is 5.03. The van der Waals surface area contributed by atoms with Gasteiger partial charge in [0.1, 0.15) is 5.54 Å². The van der Waals surface area contributed by atoms with Crippen molar-refractivity contribution in [1.29, 1.82) is 5.26 Å². The van der Waals surface area contributed by atoms with Gasteiger partial charge in [0, 0.05) is 32.7 Å². The molecular formula is C10H17F3N4. The molecule has 1 aliphatic heterocycles. The first kappa shape index (κ1) is 14.2. The molecule has 98 valence electrons. The highest BCUT2D eigenvalue weighted by Gasteiger charge is 2.33. The molecule has 1 fully saturated rings. The zero-order valence-electron chi connectivity index (χ0n) is 9.80. The van der Waals surface area contributed by atoms with Gasteiger partial charge in [-0.1, -0.05) is 0 Å². The lowest BCUT2D eigenvalue weighted by atomic mass is 10.1. The van der Waals surface area contributed by atoms with Crippen molar-refractivity contribution in [3.8, 4) is 6.07 Å². The Morgan fingerprint density at radius 2 is 1.53 bits per heavy atom. The molecule has 17 heavy (non-hydrogen) atoms. The quantitative estimate of drug-likeness (QED) is 0.788. The van der Waals surface area contributed by atoms with E-state index in [0.29, 0.717) is 32.7 Å². The third-order valence-electron chi connectivity index (χ3n) is 2.68. The summed E-state index contributed by atoms with van der Waals surface area (Å²) in [6.07, 6.45) is -4.14. The first-order chi connectivity index (χ1) is 7.72. The Labute approximate surface area is 98.8 Å². The van der Waals surface area contributed by atoms with E-state index in [1.807, 2.05) is 11.0 Å². The summed E-state index contributed by atoms with van der Waals surface area (Å²) in [6.45, 7) is 2.91. The zero-order valence-corrected chi connectivity index (χ0v) is 9.80.